The zero-order valence-corrected chi connectivity index (χ0v) is 12.2. The Balaban J connectivity index is 1.63. The van der Waals surface area contributed by atoms with Gasteiger partial charge in [-0.1, -0.05) is 6.07 Å². The van der Waals surface area contributed by atoms with Crippen molar-refractivity contribution in [2.45, 2.75) is 25.4 Å². The molecule has 0 aromatic carbocycles. The van der Waals surface area contributed by atoms with E-state index in [0.717, 1.165) is 57.1 Å². The average molecular weight is 290 g/mol. The van der Waals surface area contributed by atoms with Crippen molar-refractivity contribution in [3.05, 3.63) is 23.9 Å². The molecule has 21 heavy (non-hydrogen) atoms. The molecule has 1 atom stereocenters. The minimum atomic E-state index is -0.0338. The number of carbonyl (C=O) groups excluding carboxylic acids is 1. The number of hydrogen-bond donors (Lipinski definition) is 2. The first kappa shape index (κ1) is 14.3. The summed E-state index contributed by atoms with van der Waals surface area (Å²) in [6.07, 6.45) is 3.80. The number of pyridine rings is 1. The Bertz CT molecular complexity index is 482. The van der Waals surface area contributed by atoms with E-state index in [0.29, 0.717) is 6.54 Å². The number of aromatic nitrogens is 1. The van der Waals surface area contributed by atoms with Gasteiger partial charge in [0.2, 0.25) is 5.91 Å². The zero-order valence-electron chi connectivity index (χ0n) is 12.2. The van der Waals surface area contributed by atoms with Gasteiger partial charge in [-0.15, -0.1) is 0 Å². The van der Waals surface area contributed by atoms with Gasteiger partial charge in [0.1, 0.15) is 5.82 Å². The Labute approximate surface area is 124 Å². The molecule has 6 heteroatoms. The Morgan fingerprint density at radius 3 is 3.10 bits per heavy atom. The van der Waals surface area contributed by atoms with Crippen LogP contribution in [0.2, 0.25) is 0 Å². The standard InChI is InChI=1S/C15H22N4O2/c20-15(13-4-2-5-16-13)18-11-12-3-1-6-17-14(12)19-7-9-21-10-8-19/h1,3,6,13,16H,2,4-5,7-11H2,(H,18,20). The van der Waals surface area contributed by atoms with Gasteiger partial charge >= 0.3 is 0 Å². The van der Waals surface area contributed by atoms with Crippen molar-refractivity contribution in [3.63, 3.8) is 0 Å². The van der Waals surface area contributed by atoms with Crippen molar-refractivity contribution in [2.75, 3.05) is 37.7 Å². The van der Waals surface area contributed by atoms with E-state index in [4.69, 9.17) is 4.74 Å². The van der Waals surface area contributed by atoms with Gasteiger partial charge < -0.3 is 20.3 Å². The molecule has 3 rings (SSSR count). The summed E-state index contributed by atoms with van der Waals surface area (Å²) in [6, 6.07) is 3.91. The predicted octanol–water partition coefficient (Wildman–Crippen LogP) is 0.286. The molecule has 6 nitrogen and oxygen atoms in total. The second-order valence-corrected chi connectivity index (χ2v) is 5.45. The largest absolute Gasteiger partial charge is 0.378 e. The van der Waals surface area contributed by atoms with Gasteiger partial charge in [0.25, 0.3) is 0 Å². The molecule has 1 aromatic heterocycles. The molecule has 2 saturated heterocycles. The monoisotopic (exact) mass is 290 g/mol. The fourth-order valence-corrected chi connectivity index (χ4v) is 2.84. The molecule has 0 radical (unpaired) electrons. The van der Waals surface area contributed by atoms with E-state index in [1.54, 1.807) is 6.20 Å². The lowest BCUT2D eigenvalue weighted by Gasteiger charge is -2.29. The Morgan fingerprint density at radius 1 is 1.48 bits per heavy atom. The van der Waals surface area contributed by atoms with Crippen LogP contribution in [-0.2, 0) is 16.1 Å². The van der Waals surface area contributed by atoms with Crippen LogP contribution in [0.5, 0.6) is 0 Å². The number of morpholine rings is 1. The van der Waals surface area contributed by atoms with Gasteiger partial charge in [0.15, 0.2) is 0 Å². The second-order valence-electron chi connectivity index (χ2n) is 5.45. The fourth-order valence-electron chi connectivity index (χ4n) is 2.84. The Hall–Kier alpha value is -1.66. The molecule has 1 unspecified atom stereocenters. The Morgan fingerprint density at radius 2 is 2.33 bits per heavy atom. The van der Waals surface area contributed by atoms with E-state index >= 15 is 0 Å². The van der Waals surface area contributed by atoms with E-state index in [2.05, 4.69) is 20.5 Å². The first-order chi connectivity index (χ1) is 10.3. The third-order valence-corrected chi connectivity index (χ3v) is 4.01. The summed E-state index contributed by atoms with van der Waals surface area (Å²) >= 11 is 0. The number of nitrogens with zero attached hydrogens (tertiary/aromatic N) is 2. The van der Waals surface area contributed by atoms with Gasteiger partial charge in [-0.2, -0.15) is 0 Å². The normalized spacial score (nSPS) is 22.3. The highest BCUT2D eigenvalue weighted by Gasteiger charge is 2.22. The van der Waals surface area contributed by atoms with Crippen molar-refractivity contribution in [1.82, 2.24) is 15.6 Å². The second kappa shape index (κ2) is 6.87. The minimum absolute atomic E-state index is 0.0338. The summed E-state index contributed by atoms with van der Waals surface area (Å²) in [7, 11) is 0. The van der Waals surface area contributed by atoms with Crippen molar-refractivity contribution < 1.29 is 9.53 Å². The van der Waals surface area contributed by atoms with Crippen LogP contribution in [-0.4, -0.2) is 49.8 Å². The molecular weight excluding hydrogens is 268 g/mol. The number of nitrogens with one attached hydrogen (secondary N) is 2. The van der Waals surface area contributed by atoms with Crippen molar-refractivity contribution in [1.29, 1.82) is 0 Å². The highest BCUT2D eigenvalue weighted by molar-refractivity contribution is 5.82. The van der Waals surface area contributed by atoms with Crippen LogP contribution in [0.4, 0.5) is 5.82 Å². The first-order valence-electron chi connectivity index (χ1n) is 7.62. The molecule has 1 aromatic rings. The topological polar surface area (TPSA) is 66.5 Å². The molecule has 0 aliphatic carbocycles. The Kier molecular flexibility index (Phi) is 4.67. The molecule has 2 fully saturated rings. The van der Waals surface area contributed by atoms with Crippen LogP contribution >= 0.6 is 0 Å². The SMILES string of the molecule is O=C(NCc1cccnc1N1CCOCC1)C1CCCN1. The first-order valence-corrected chi connectivity index (χ1v) is 7.62. The van der Waals surface area contributed by atoms with E-state index in [1.165, 1.54) is 0 Å². The molecule has 114 valence electrons. The van der Waals surface area contributed by atoms with E-state index in [9.17, 15) is 4.79 Å². The molecule has 0 bridgehead atoms. The van der Waals surface area contributed by atoms with Crippen LogP contribution in [0.3, 0.4) is 0 Å². The lowest BCUT2D eigenvalue weighted by atomic mass is 10.2. The maximum Gasteiger partial charge on any atom is 0.237 e. The number of carbonyl (C=O) groups is 1. The van der Waals surface area contributed by atoms with Gasteiger partial charge in [-0.3, -0.25) is 4.79 Å². The summed E-state index contributed by atoms with van der Waals surface area (Å²) in [5.41, 5.74) is 1.06. The lowest BCUT2D eigenvalue weighted by molar-refractivity contribution is -0.122. The maximum absolute atomic E-state index is 12.1. The summed E-state index contributed by atoms with van der Waals surface area (Å²) in [6.45, 7) is 4.62. The van der Waals surface area contributed by atoms with Crippen molar-refractivity contribution in [2.24, 2.45) is 0 Å². The highest BCUT2D eigenvalue weighted by atomic mass is 16.5. The van der Waals surface area contributed by atoms with Crippen LogP contribution in [0, 0.1) is 0 Å². The minimum Gasteiger partial charge on any atom is -0.378 e. The molecule has 1 amide bonds. The number of hydrogen-bond acceptors (Lipinski definition) is 5. The number of amides is 1. The summed E-state index contributed by atoms with van der Waals surface area (Å²) in [4.78, 5) is 18.8. The number of rotatable bonds is 4. The molecule has 2 N–H and O–H groups in total. The molecule has 3 heterocycles. The molecule has 2 aliphatic rings. The predicted molar refractivity (Wildman–Crippen MR) is 80.1 cm³/mol. The highest BCUT2D eigenvalue weighted by Crippen LogP contribution is 2.18. The van der Waals surface area contributed by atoms with Gasteiger partial charge in [0.05, 0.1) is 19.3 Å². The summed E-state index contributed by atoms with van der Waals surface area (Å²) < 4.78 is 5.38. The molecule has 2 aliphatic heterocycles. The smallest absolute Gasteiger partial charge is 0.237 e. The van der Waals surface area contributed by atoms with Gasteiger partial charge in [-0.25, -0.2) is 4.98 Å². The summed E-state index contributed by atoms with van der Waals surface area (Å²) in [5.74, 6) is 1.05. The molecular formula is C15H22N4O2. The van der Waals surface area contributed by atoms with Crippen molar-refractivity contribution in [3.8, 4) is 0 Å². The summed E-state index contributed by atoms with van der Waals surface area (Å²) in [5, 5.41) is 6.24. The third kappa shape index (κ3) is 3.51. The van der Waals surface area contributed by atoms with Gasteiger partial charge in [0, 0.05) is 31.4 Å². The van der Waals surface area contributed by atoms with Crippen LogP contribution < -0.4 is 15.5 Å². The average Bonchev–Trinajstić information content (AvgIpc) is 3.08. The maximum atomic E-state index is 12.1. The lowest BCUT2D eigenvalue weighted by Crippen LogP contribution is -2.41. The zero-order chi connectivity index (χ0) is 14.5. The van der Waals surface area contributed by atoms with Crippen LogP contribution in [0.25, 0.3) is 0 Å². The molecule has 0 saturated carbocycles. The third-order valence-electron chi connectivity index (χ3n) is 4.01. The van der Waals surface area contributed by atoms with E-state index in [1.807, 2.05) is 12.1 Å². The van der Waals surface area contributed by atoms with Crippen LogP contribution in [0.1, 0.15) is 18.4 Å². The van der Waals surface area contributed by atoms with Crippen molar-refractivity contribution >= 4 is 11.7 Å². The number of anilines is 1. The van der Waals surface area contributed by atoms with E-state index in [-0.39, 0.29) is 11.9 Å². The fraction of sp³-hybridized carbons (Fsp3) is 0.600. The molecule has 0 spiro atoms. The van der Waals surface area contributed by atoms with Gasteiger partial charge in [-0.05, 0) is 25.5 Å². The van der Waals surface area contributed by atoms with E-state index < -0.39 is 0 Å². The number of ether oxygens (including phenoxy) is 1. The van der Waals surface area contributed by atoms with Crippen LogP contribution in [0.15, 0.2) is 18.3 Å². The quantitative estimate of drug-likeness (QED) is 0.834.